The van der Waals surface area contributed by atoms with Crippen molar-refractivity contribution in [2.75, 3.05) is 14.2 Å². The molecule has 0 aliphatic heterocycles. The number of pyridine rings is 1. The van der Waals surface area contributed by atoms with Crippen LogP contribution in [-0.2, 0) is 0 Å². The van der Waals surface area contributed by atoms with Gasteiger partial charge in [-0.3, -0.25) is 4.98 Å². The summed E-state index contributed by atoms with van der Waals surface area (Å²) in [7, 11) is 3.21. The summed E-state index contributed by atoms with van der Waals surface area (Å²) in [5.74, 6) is 2.05. The van der Waals surface area contributed by atoms with Gasteiger partial charge in [0, 0.05) is 29.8 Å². The normalized spacial score (nSPS) is 17.2. The van der Waals surface area contributed by atoms with Gasteiger partial charge in [-0.05, 0) is 24.3 Å². The zero-order valence-corrected chi connectivity index (χ0v) is 12.6. The first-order valence-electron chi connectivity index (χ1n) is 7.02. The molecule has 0 amide bonds. The first-order chi connectivity index (χ1) is 10.7. The van der Waals surface area contributed by atoms with Crippen LogP contribution in [0, 0.1) is 0 Å². The number of hydrogen-bond donors (Lipinski definition) is 1. The molecule has 0 radical (unpaired) electrons. The molecule has 1 aromatic carbocycles. The van der Waals surface area contributed by atoms with Crippen molar-refractivity contribution < 1.29 is 14.2 Å². The van der Waals surface area contributed by atoms with Crippen LogP contribution < -0.4 is 19.9 Å². The molecule has 2 N–H and O–H groups in total. The van der Waals surface area contributed by atoms with E-state index in [0.717, 1.165) is 28.8 Å². The maximum atomic E-state index is 6.07. The largest absolute Gasteiger partial charge is 0.493 e. The summed E-state index contributed by atoms with van der Waals surface area (Å²) >= 11 is 0. The van der Waals surface area contributed by atoms with Crippen LogP contribution in [0.3, 0.4) is 0 Å². The van der Waals surface area contributed by atoms with Crippen molar-refractivity contribution in [3.63, 3.8) is 0 Å². The van der Waals surface area contributed by atoms with Gasteiger partial charge in [-0.15, -0.1) is 0 Å². The van der Waals surface area contributed by atoms with Crippen molar-refractivity contribution in [1.82, 2.24) is 4.98 Å². The average molecular weight is 298 g/mol. The van der Waals surface area contributed by atoms with Gasteiger partial charge < -0.3 is 19.9 Å². The zero-order valence-electron chi connectivity index (χ0n) is 12.6. The number of ether oxygens (including phenoxy) is 3. The molecule has 114 valence electrons. The monoisotopic (exact) mass is 298 g/mol. The van der Waals surface area contributed by atoms with E-state index in [0.29, 0.717) is 11.5 Å². The van der Waals surface area contributed by atoms with Crippen LogP contribution in [0.5, 0.6) is 17.2 Å². The van der Waals surface area contributed by atoms with E-state index in [1.807, 2.05) is 36.4 Å². The Bertz CT molecular complexity index is 753. The van der Waals surface area contributed by atoms with E-state index in [-0.39, 0.29) is 6.10 Å². The summed E-state index contributed by atoms with van der Waals surface area (Å²) < 4.78 is 16.7. The van der Waals surface area contributed by atoms with Gasteiger partial charge in [0.05, 0.1) is 19.7 Å². The fourth-order valence-corrected chi connectivity index (χ4v) is 2.42. The number of hydrogen-bond acceptors (Lipinski definition) is 5. The third-order valence-electron chi connectivity index (χ3n) is 3.57. The molecule has 5 heteroatoms. The summed E-state index contributed by atoms with van der Waals surface area (Å²) in [6, 6.07) is 5.58. The maximum absolute atomic E-state index is 6.07. The highest BCUT2D eigenvalue weighted by atomic mass is 16.5. The Labute approximate surface area is 129 Å². The molecule has 1 heterocycles. The summed E-state index contributed by atoms with van der Waals surface area (Å²) in [4.78, 5) is 4.37. The minimum absolute atomic E-state index is 0.0361. The number of rotatable bonds is 4. The molecule has 1 aliphatic carbocycles. The molecule has 1 aromatic heterocycles. The number of nitrogens with two attached hydrogens (primary N) is 1. The van der Waals surface area contributed by atoms with Crippen LogP contribution in [0.15, 0.2) is 48.3 Å². The Kier molecular flexibility index (Phi) is 3.87. The van der Waals surface area contributed by atoms with Gasteiger partial charge in [0.25, 0.3) is 0 Å². The highest BCUT2D eigenvalue weighted by Crippen LogP contribution is 2.35. The standard InChI is InChI=1S/C17H18N2O3/c1-20-16-9-13-14(10-17(16)21-2)19-8-7-15(13)22-12-5-3-11(18)4-6-12/h3-5,7-10,12H,6,18H2,1-2H3. The van der Waals surface area contributed by atoms with Crippen molar-refractivity contribution in [2.45, 2.75) is 12.5 Å². The smallest absolute Gasteiger partial charge is 0.162 e. The Morgan fingerprint density at radius 1 is 1.14 bits per heavy atom. The molecule has 3 rings (SSSR count). The van der Waals surface area contributed by atoms with Gasteiger partial charge in [0.15, 0.2) is 11.5 Å². The number of nitrogens with zero attached hydrogens (tertiary/aromatic N) is 1. The quantitative estimate of drug-likeness (QED) is 0.940. The molecule has 5 nitrogen and oxygen atoms in total. The number of fused-ring (bicyclic) bond motifs is 1. The van der Waals surface area contributed by atoms with Gasteiger partial charge in [-0.25, -0.2) is 0 Å². The fraction of sp³-hybridized carbons (Fsp3) is 0.235. The number of benzene rings is 1. The van der Waals surface area contributed by atoms with Crippen molar-refractivity contribution in [3.05, 3.63) is 48.3 Å². The molecular formula is C17H18N2O3. The maximum Gasteiger partial charge on any atom is 0.162 e. The molecule has 1 atom stereocenters. The number of methoxy groups -OCH3 is 2. The zero-order chi connectivity index (χ0) is 15.5. The first kappa shape index (κ1) is 14.3. The molecule has 22 heavy (non-hydrogen) atoms. The van der Waals surface area contributed by atoms with Gasteiger partial charge in [-0.1, -0.05) is 6.08 Å². The second-order valence-corrected chi connectivity index (χ2v) is 4.99. The molecule has 0 saturated carbocycles. The van der Waals surface area contributed by atoms with Gasteiger partial charge in [0.2, 0.25) is 0 Å². The van der Waals surface area contributed by atoms with Crippen LogP contribution in [0.25, 0.3) is 10.9 Å². The Morgan fingerprint density at radius 2 is 1.91 bits per heavy atom. The van der Waals surface area contributed by atoms with E-state index in [4.69, 9.17) is 19.9 Å². The second-order valence-electron chi connectivity index (χ2n) is 4.99. The predicted molar refractivity (Wildman–Crippen MR) is 85.3 cm³/mol. The number of aromatic nitrogens is 1. The molecule has 1 unspecified atom stereocenters. The van der Waals surface area contributed by atoms with Crippen LogP contribution in [-0.4, -0.2) is 25.3 Å². The van der Waals surface area contributed by atoms with Crippen molar-refractivity contribution in [1.29, 1.82) is 0 Å². The minimum Gasteiger partial charge on any atom is -0.493 e. The van der Waals surface area contributed by atoms with E-state index in [9.17, 15) is 0 Å². The Morgan fingerprint density at radius 3 is 2.59 bits per heavy atom. The van der Waals surface area contributed by atoms with Gasteiger partial charge >= 0.3 is 0 Å². The van der Waals surface area contributed by atoms with Gasteiger partial charge in [0.1, 0.15) is 11.9 Å². The Balaban J connectivity index is 1.97. The van der Waals surface area contributed by atoms with E-state index in [1.54, 1.807) is 20.4 Å². The molecular weight excluding hydrogens is 280 g/mol. The Hall–Kier alpha value is -2.69. The average Bonchev–Trinajstić information content (AvgIpc) is 2.56. The molecule has 0 spiro atoms. The molecule has 0 bridgehead atoms. The van der Waals surface area contributed by atoms with E-state index in [1.165, 1.54) is 0 Å². The lowest BCUT2D eigenvalue weighted by molar-refractivity contribution is 0.254. The lowest BCUT2D eigenvalue weighted by Gasteiger charge is -2.19. The summed E-state index contributed by atoms with van der Waals surface area (Å²) in [5.41, 5.74) is 7.29. The fourth-order valence-electron chi connectivity index (χ4n) is 2.42. The summed E-state index contributed by atoms with van der Waals surface area (Å²) in [6.07, 6.45) is 8.21. The molecule has 0 fully saturated rings. The van der Waals surface area contributed by atoms with Crippen molar-refractivity contribution in [2.24, 2.45) is 5.73 Å². The topological polar surface area (TPSA) is 66.6 Å². The first-order valence-corrected chi connectivity index (χ1v) is 7.02. The minimum atomic E-state index is -0.0361. The van der Waals surface area contributed by atoms with E-state index >= 15 is 0 Å². The SMILES string of the molecule is COc1cc2nccc(OC3C=CC(N)=CC3)c2cc1OC. The van der Waals surface area contributed by atoms with Crippen LogP contribution >= 0.6 is 0 Å². The third kappa shape index (κ3) is 2.70. The predicted octanol–water partition coefficient (Wildman–Crippen LogP) is 2.80. The summed E-state index contributed by atoms with van der Waals surface area (Å²) in [6.45, 7) is 0. The highest BCUT2D eigenvalue weighted by molar-refractivity contribution is 5.88. The van der Waals surface area contributed by atoms with Crippen LogP contribution in [0.1, 0.15) is 6.42 Å². The third-order valence-corrected chi connectivity index (χ3v) is 3.57. The van der Waals surface area contributed by atoms with Crippen LogP contribution in [0.2, 0.25) is 0 Å². The molecule has 1 aliphatic rings. The lowest BCUT2D eigenvalue weighted by atomic mass is 10.1. The number of allylic oxidation sites excluding steroid dienone is 1. The van der Waals surface area contributed by atoms with Crippen molar-refractivity contribution in [3.8, 4) is 17.2 Å². The molecule has 0 saturated heterocycles. The van der Waals surface area contributed by atoms with E-state index < -0.39 is 0 Å². The van der Waals surface area contributed by atoms with E-state index in [2.05, 4.69) is 4.98 Å². The molecule has 2 aromatic rings. The van der Waals surface area contributed by atoms with Crippen molar-refractivity contribution >= 4 is 10.9 Å². The summed E-state index contributed by atoms with van der Waals surface area (Å²) in [5, 5.41) is 0.885. The van der Waals surface area contributed by atoms with Crippen LogP contribution in [0.4, 0.5) is 0 Å². The second kappa shape index (κ2) is 5.97. The highest BCUT2D eigenvalue weighted by Gasteiger charge is 2.14. The van der Waals surface area contributed by atoms with Gasteiger partial charge in [-0.2, -0.15) is 0 Å². The lowest BCUT2D eigenvalue weighted by Crippen LogP contribution is -2.16.